The van der Waals surface area contributed by atoms with Crippen LogP contribution < -0.4 is 16.4 Å². The second-order valence-electron chi connectivity index (χ2n) is 5.57. The number of aliphatic hydroxyl groups is 1. The number of fused-ring (bicyclic) bond motifs is 2. The molecule has 0 amide bonds. The maximum atomic E-state index is 10.7. The van der Waals surface area contributed by atoms with E-state index in [2.05, 4.69) is 4.98 Å². The summed E-state index contributed by atoms with van der Waals surface area (Å²) in [6, 6.07) is 6.00. The van der Waals surface area contributed by atoms with Gasteiger partial charge in [0.15, 0.2) is 0 Å². The zero-order valence-corrected chi connectivity index (χ0v) is 15.6. The van der Waals surface area contributed by atoms with Crippen LogP contribution in [0.25, 0.3) is 0 Å². The summed E-state index contributed by atoms with van der Waals surface area (Å²) in [4.78, 5) is 25.5. The van der Waals surface area contributed by atoms with Crippen molar-refractivity contribution in [1.29, 1.82) is 0 Å². The van der Waals surface area contributed by atoms with E-state index in [1.165, 1.54) is 0 Å². The summed E-state index contributed by atoms with van der Waals surface area (Å²) in [7, 11) is 0. The molecule has 4 unspecified atom stereocenters. The largest absolute Gasteiger partial charge is 2.00 e. The van der Waals surface area contributed by atoms with Crippen LogP contribution in [0, 0.1) is 19.8 Å². The third-order valence-corrected chi connectivity index (χ3v) is 4.00. The van der Waals surface area contributed by atoms with Crippen molar-refractivity contribution in [1.82, 2.24) is 11.1 Å². The number of carboxylic acids is 2. The normalized spacial score (nSPS) is 29.5. The van der Waals surface area contributed by atoms with Crippen LogP contribution in [-0.4, -0.2) is 39.8 Å². The molecule has 2 saturated heterocycles. The first-order valence-electron chi connectivity index (χ1n) is 6.97. The molecular formula is C15H20N2O6Pt. The molecule has 4 atom stereocenters. The Kier molecular flexibility index (Phi) is 8.18. The minimum Gasteiger partial charge on any atom is -0.550 e. The number of nitrogens with zero attached hydrogens (tertiary/aromatic N) is 1. The first-order valence-corrected chi connectivity index (χ1v) is 6.97. The minimum absolute atomic E-state index is 0. The van der Waals surface area contributed by atoms with Crippen molar-refractivity contribution < 1.29 is 50.7 Å². The minimum atomic E-state index is -2.43. The molecular weight excluding hydrogens is 499 g/mol. The standard InChI is InChI=1S/C8H10O6.C7H9N.H3N.Pt/c9-6(10)5-3-1-2-4(14-3)8(5,13)7(11)12;1-6-4-3-5-7(2)8-6;;/h3-5,13H,1-2H2,(H,9,10)(H,11,12);3-5H,1-2H3;1H3;/q;;;+2/p-2. The average Bonchev–Trinajstić information content (AvgIpc) is 2.98. The zero-order valence-electron chi connectivity index (χ0n) is 13.3. The second-order valence-corrected chi connectivity index (χ2v) is 5.57. The Labute approximate surface area is 154 Å². The molecule has 9 heteroatoms. The molecule has 0 radical (unpaired) electrons. The van der Waals surface area contributed by atoms with Gasteiger partial charge in [0.1, 0.15) is 5.60 Å². The van der Waals surface area contributed by atoms with Gasteiger partial charge in [-0.3, -0.25) is 4.98 Å². The first-order chi connectivity index (χ1) is 10.3. The third-order valence-electron chi connectivity index (χ3n) is 4.00. The van der Waals surface area contributed by atoms with Crippen molar-refractivity contribution in [2.75, 3.05) is 0 Å². The quantitative estimate of drug-likeness (QED) is 0.466. The number of aryl methyl sites for hydroxylation is 2. The van der Waals surface area contributed by atoms with Gasteiger partial charge in [0.2, 0.25) is 0 Å². The number of rotatable bonds is 2. The van der Waals surface area contributed by atoms with Crippen LogP contribution in [0.3, 0.4) is 0 Å². The van der Waals surface area contributed by atoms with E-state index >= 15 is 0 Å². The van der Waals surface area contributed by atoms with Gasteiger partial charge in [-0.25, -0.2) is 0 Å². The summed E-state index contributed by atoms with van der Waals surface area (Å²) in [5.41, 5.74) is -0.253. The molecule has 0 aliphatic carbocycles. The monoisotopic (exact) mass is 519 g/mol. The number of hydrogen-bond donors (Lipinski definition) is 2. The van der Waals surface area contributed by atoms with E-state index in [4.69, 9.17) is 4.74 Å². The Morgan fingerprint density at radius 1 is 1.25 bits per heavy atom. The topological polar surface area (TPSA) is 158 Å². The van der Waals surface area contributed by atoms with E-state index in [9.17, 15) is 24.9 Å². The van der Waals surface area contributed by atoms with Crippen molar-refractivity contribution in [3.63, 3.8) is 0 Å². The molecule has 2 fully saturated rings. The molecule has 0 saturated carbocycles. The van der Waals surface area contributed by atoms with Crippen molar-refractivity contribution >= 4 is 11.9 Å². The molecule has 8 nitrogen and oxygen atoms in total. The van der Waals surface area contributed by atoms with Gasteiger partial charge in [-0.05, 0) is 38.8 Å². The number of pyridine rings is 1. The van der Waals surface area contributed by atoms with E-state index in [0.717, 1.165) is 11.4 Å². The van der Waals surface area contributed by atoms with E-state index in [1.54, 1.807) is 0 Å². The smallest absolute Gasteiger partial charge is 0.550 e. The van der Waals surface area contributed by atoms with Gasteiger partial charge in [-0.1, -0.05) is 6.07 Å². The summed E-state index contributed by atoms with van der Waals surface area (Å²) < 4.78 is 5.03. The van der Waals surface area contributed by atoms with E-state index < -0.39 is 35.7 Å². The van der Waals surface area contributed by atoms with Crippen molar-refractivity contribution in [2.45, 2.75) is 44.5 Å². The van der Waals surface area contributed by atoms with Gasteiger partial charge >= 0.3 is 21.1 Å². The number of carboxylic acid groups (broad SMARTS) is 2. The van der Waals surface area contributed by atoms with E-state index in [-0.39, 0.29) is 27.2 Å². The molecule has 136 valence electrons. The Balaban J connectivity index is 0.000000460. The van der Waals surface area contributed by atoms with Gasteiger partial charge in [0, 0.05) is 11.4 Å². The number of aliphatic carboxylic acids is 2. The summed E-state index contributed by atoms with van der Waals surface area (Å²) in [6.45, 7) is 3.99. The predicted octanol–water partition coefficient (Wildman–Crippen LogP) is -1.75. The molecule has 0 aromatic carbocycles. The van der Waals surface area contributed by atoms with Crippen LogP contribution in [0.1, 0.15) is 24.2 Å². The Hall–Kier alpha value is -1.34. The van der Waals surface area contributed by atoms with Gasteiger partial charge in [0.05, 0.1) is 30.1 Å². The molecule has 2 bridgehead atoms. The molecule has 3 heterocycles. The summed E-state index contributed by atoms with van der Waals surface area (Å²) in [6.07, 6.45) is -0.994. The summed E-state index contributed by atoms with van der Waals surface area (Å²) in [5.74, 6) is -4.94. The van der Waals surface area contributed by atoms with Crippen LogP contribution in [0.5, 0.6) is 0 Å². The van der Waals surface area contributed by atoms with Crippen LogP contribution >= 0.6 is 0 Å². The zero-order chi connectivity index (χ0) is 16.5. The number of carbonyl (C=O) groups is 2. The van der Waals surface area contributed by atoms with Gasteiger partial charge in [-0.15, -0.1) is 0 Å². The van der Waals surface area contributed by atoms with Crippen LogP contribution in [0.2, 0.25) is 0 Å². The Bertz CT molecular complexity index is 582. The number of hydrogen-bond acceptors (Lipinski definition) is 8. The van der Waals surface area contributed by atoms with Gasteiger partial charge in [-0.2, -0.15) is 0 Å². The molecule has 1 aromatic heterocycles. The summed E-state index contributed by atoms with van der Waals surface area (Å²) in [5, 5.41) is 31.0. The SMILES string of the molecule is Cc1cccc(C)n1.N.O=C([O-])C1C2CCC(O2)C1(O)C(=O)[O-].[Pt+2]. The fourth-order valence-corrected chi connectivity index (χ4v) is 2.98. The van der Waals surface area contributed by atoms with Crippen LogP contribution in [-0.2, 0) is 35.4 Å². The van der Waals surface area contributed by atoms with Gasteiger partial charge < -0.3 is 35.8 Å². The maximum absolute atomic E-state index is 10.7. The van der Waals surface area contributed by atoms with E-state index in [1.807, 2.05) is 32.0 Å². The van der Waals surface area contributed by atoms with Crippen molar-refractivity contribution in [3.8, 4) is 0 Å². The average molecular weight is 519 g/mol. The van der Waals surface area contributed by atoms with Crippen molar-refractivity contribution in [2.24, 2.45) is 5.92 Å². The fourth-order valence-electron chi connectivity index (χ4n) is 2.98. The number of ether oxygens (including phenoxy) is 1. The molecule has 24 heavy (non-hydrogen) atoms. The maximum Gasteiger partial charge on any atom is 2.00 e. The van der Waals surface area contributed by atoms with Crippen molar-refractivity contribution in [3.05, 3.63) is 29.6 Å². The first kappa shape index (κ1) is 22.7. The molecule has 0 spiro atoms. The predicted molar refractivity (Wildman–Crippen MR) is 75.1 cm³/mol. The van der Waals surface area contributed by atoms with Crippen LogP contribution in [0.15, 0.2) is 18.2 Å². The second kappa shape index (κ2) is 8.67. The molecule has 2 aliphatic rings. The Morgan fingerprint density at radius 3 is 2.12 bits per heavy atom. The number of carbonyl (C=O) groups excluding carboxylic acids is 2. The van der Waals surface area contributed by atoms with E-state index in [0.29, 0.717) is 12.8 Å². The summed E-state index contributed by atoms with van der Waals surface area (Å²) >= 11 is 0. The Morgan fingerprint density at radius 2 is 1.79 bits per heavy atom. The molecule has 4 N–H and O–H groups in total. The molecule has 3 rings (SSSR count). The fraction of sp³-hybridized carbons (Fsp3) is 0.533. The molecule has 1 aromatic rings. The molecule has 2 aliphatic heterocycles. The third kappa shape index (κ3) is 4.19. The van der Waals surface area contributed by atoms with Gasteiger partial charge in [0.25, 0.3) is 0 Å². The number of aromatic nitrogens is 1. The van der Waals surface area contributed by atoms with Crippen LogP contribution in [0.4, 0.5) is 0 Å².